The first-order chi connectivity index (χ1) is 9.52. The molecule has 20 heavy (non-hydrogen) atoms. The normalized spacial score (nSPS) is 11.1. The Morgan fingerprint density at radius 1 is 1.35 bits per heavy atom. The van der Waals surface area contributed by atoms with Crippen LogP contribution in [0.15, 0.2) is 24.3 Å². The fraction of sp³-hybridized carbons (Fsp3) is 0.400. The van der Waals surface area contributed by atoms with E-state index in [4.69, 9.17) is 11.6 Å². The van der Waals surface area contributed by atoms with E-state index in [0.29, 0.717) is 12.5 Å². The van der Waals surface area contributed by atoms with E-state index in [1.165, 1.54) is 0 Å². The van der Waals surface area contributed by atoms with Gasteiger partial charge in [-0.1, -0.05) is 55.0 Å². The first-order valence-corrected chi connectivity index (χ1v) is 7.77. The lowest BCUT2D eigenvalue weighted by molar-refractivity contribution is 0.283. The zero-order chi connectivity index (χ0) is 14.7. The number of aliphatic hydroxyl groups is 1. The van der Waals surface area contributed by atoms with Gasteiger partial charge in [0, 0.05) is 18.6 Å². The second-order valence-corrected chi connectivity index (χ2v) is 6.53. The highest BCUT2D eigenvalue weighted by molar-refractivity contribution is 7.15. The molecule has 0 amide bonds. The lowest BCUT2D eigenvalue weighted by Crippen LogP contribution is -2.16. The number of aromatic nitrogens is 1. The summed E-state index contributed by atoms with van der Waals surface area (Å²) in [6.45, 7) is 4.93. The Kier molecular flexibility index (Phi) is 5.02. The first kappa shape index (κ1) is 15.3. The largest absolute Gasteiger partial charge is 0.391 e. The van der Waals surface area contributed by atoms with Crippen molar-refractivity contribution < 1.29 is 5.11 Å². The number of thiazole rings is 1. The molecule has 1 heterocycles. The molecule has 3 nitrogen and oxygen atoms in total. The minimum absolute atomic E-state index is 0.0467. The van der Waals surface area contributed by atoms with E-state index in [2.05, 4.69) is 23.7 Å². The van der Waals surface area contributed by atoms with Crippen LogP contribution in [0.1, 0.15) is 35.9 Å². The molecule has 1 aromatic heterocycles. The molecular formula is C15H19ClN2OS. The van der Waals surface area contributed by atoms with Gasteiger partial charge in [0.25, 0.3) is 0 Å². The summed E-state index contributed by atoms with van der Waals surface area (Å²) in [5, 5.41) is 11.1. The monoisotopic (exact) mass is 310 g/mol. The van der Waals surface area contributed by atoms with Gasteiger partial charge in [-0.05, 0) is 17.5 Å². The van der Waals surface area contributed by atoms with Crippen molar-refractivity contribution in [1.29, 1.82) is 0 Å². The highest BCUT2D eigenvalue weighted by Gasteiger charge is 2.16. The number of anilines is 1. The summed E-state index contributed by atoms with van der Waals surface area (Å²) < 4.78 is 0. The van der Waals surface area contributed by atoms with Crippen molar-refractivity contribution in [2.24, 2.45) is 0 Å². The molecule has 0 unspecified atom stereocenters. The molecule has 0 saturated carbocycles. The molecule has 0 radical (unpaired) electrons. The van der Waals surface area contributed by atoms with Crippen LogP contribution in [0.25, 0.3) is 0 Å². The van der Waals surface area contributed by atoms with Gasteiger partial charge in [0.2, 0.25) is 0 Å². The Labute approximate surface area is 128 Å². The minimum Gasteiger partial charge on any atom is -0.391 e. The lowest BCUT2D eigenvalue weighted by Gasteiger charge is -2.16. The summed E-state index contributed by atoms with van der Waals surface area (Å²) in [5.41, 5.74) is 2.06. The third kappa shape index (κ3) is 3.32. The Morgan fingerprint density at radius 3 is 2.60 bits per heavy atom. The Morgan fingerprint density at radius 2 is 2.05 bits per heavy atom. The van der Waals surface area contributed by atoms with E-state index in [1.807, 2.05) is 31.3 Å². The summed E-state index contributed by atoms with van der Waals surface area (Å²) in [6.07, 6.45) is 0. The molecule has 0 saturated heterocycles. The SMILES string of the molecule is CC(C)c1nc(N(C)Cc2ccccc2Cl)sc1CO. The molecule has 1 aromatic carbocycles. The van der Waals surface area contributed by atoms with Gasteiger partial charge >= 0.3 is 0 Å². The molecule has 0 spiro atoms. The predicted octanol–water partition coefficient (Wildman–Crippen LogP) is 4.05. The summed E-state index contributed by atoms with van der Waals surface area (Å²) in [6, 6.07) is 7.82. The van der Waals surface area contributed by atoms with E-state index < -0.39 is 0 Å². The van der Waals surface area contributed by atoms with Gasteiger partial charge in [-0.3, -0.25) is 0 Å². The van der Waals surface area contributed by atoms with Crippen molar-refractivity contribution in [3.05, 3.63) is 45.4 Å². The Hall–Kier alpha value is -1.10. The van der Waals surface area contributed by atoms with Crippen molar-refractivity contribution in [1.82, 2.24) is 4.98 Å². The van der Waals surface area contributed by atoms with Gasteiger partial charge in [0.15, 0.2) is 5.13 Å². The molecule has 0 fully saturated rings. The average molecular weight is 311 g/mol. The number of aliphatic hydroxyl groups excluding tert-OH is 1. The van der Waals surface area contributed by atoms with Crippen LogP contribution in [-0.4, -0.2) is 17.1 Å². The fourth-order valence-electron chi connectivity index (χ4n) is 2.03. The standard InChI is InChI=1S/C15H19ClN2OS/c1-10(2)14-13(9-19)20-15(17-14)18(3)8-11-6-4-5-7-12(11)16/h4-7,10,19H,8-9H2,1-3H3. The Balaban J connectivity index is 2.21. The summed E-state index contributed by atoms with van der Waals surface area (Å²) >= 11 is 7.73. The third-order valence-corrected chi connectivity index (χ3v) is 4.64. The van der Waals surface area contributed by atoms with Crippen LogP contribution in [0.5, 0.6) is 0 Å². The van der Waals surface area contributed by atoms with E-state index in [1.54, 1.807) is 11.3 Å². The molecule has 0 aliphatic heterocycles. The van der Waals surface area contributed by atoms with E-state index in [9.17, 15) is 5.11 Å². The van der Waals surface area contributed by atoms with Crippen LogP contribution in [0.3, 0.4) is 0 Å². The second kappa shape index (κ2) is 6.57. The molecule has 5 heteroatoms. The number of hydrogen-bond acceptors (Lipinski definition) is 4. The van der Waals surface area contributed by atoms with Crippen molar-refractivity contribution in [2.45, 2.75) is 32.9 Å². The number of nitrogens with zero attached hydrogens (tertiary/aromatic N) is 2. The van der Waals surface area contributed by atoms with Crippen molar-refractivity contribution in [2.75, 3.05) is 11.9 Å². The molecule has 0 aliphatic carbocycles. The quantitative estimate of drug-likeness (QED) is 0.905. The Bertz CT molecular complexity index is 583. The maximum Gasteiger partial charge on any atom is 0.185 e. The van der Waals surface area contributed by atoms with Crippen molar-refractivity contribution in [3.63, 3.8) is 0 Å². The van der Waals surface area contributed by atoms with Crippen LogP contribution >= 0.6 is 22.9 Å². The maximum absolute atomic E-state index is 9.43. The number of benzene rings is 1. The summed E-state index contributed by atoms with van der Waals surface area (Å²) in [7, 11) is 1.99. The lowest BCUT2D eigenvalue weighted by atomic mass is 10.1. The second-order valence-electron chi connectivity index (χ2n) is 5.07. The van der Waals surface area contributed by atoms with E-state index in [0.717, 1.165) is 26.3 Å². The van der Waals surface area contributed by atoms with Gasteiger partial charge < -0.3 is 10.0 Å². The zero-order valence-corrected chi connectivity index (χ0v) is 13.5. The topological polar surface area (TPSA) is 36.4 Å². The minimum atomic E-state index is 0.0467. The summed E-state index contributed by atoms with van der Waals surface area (Å²) in [5.74, 6) is 0.316. The molecular weight excluding hydrogens is 292 g/mol. The van der Waals surface area contributed by atoms with Crippen molar-refractivity contribution >= 4 is 28.1 Å². The zero-order valence-electron chi connectivity index (χ0n) is 11.9. The van der Waals surface area contributed by atoms with Gasteiger partial charge in [0.05, 0.1) is 17.2 Å². The van der Waals surface area contributed by atoms with Crippen LogP contribution in [0.2, 0.25) is 5.02 Å². The maximum atomic E-state index is 9.43. The molecule has 2 rings (SSSR count). The molecule has 0 aliphatic rings. The number of halogens is 1. The number of hydrogen-bond donors (Lipinski definition) is 1. The van der Waals surface area contributed by atoms with Crippen LogP contribution in [-0.2, 0) is 13.2 Å². The van der Waals surface area contributed by atoms with E-state index in [-0.39, 0.29) is 6.61 Å². The highest BCUT2D eigenvalue weighted by Crippen LogP contribution is 2.31. The first-order valence-electron chi connectivity index (χ1n) is 6.58. The van der Waals surface area contributed by atoms with Gasteiger partial charge in [-0.2, -0.15) is 0 Å². The van der Waals surface area contributed by atoms with Gasteiger partial charge in [-0.25, -0.2) is 4.98 Å². The third-order valence-electron chi connectivity index (χ3n) is 3.10. The highest BCUT2D eigenvalue weighted by atomic mass is 35.5. The smallest absolute Gasteiger partial charge is 0.185 e. The molecule has 108 valence electrons. The van der Waals surface area contributed by atoms with Crippen molar-refractivity contribution in [3.8, 4) is 0 Å². The molecule has 0 bridgehead atoms. The fourth-order valence-corrected chi connectivity index (χ4v) is 3.26. The summed E-state index contributed by atoms with van der Waals surface area (Å²) in [4.78, 5) is 7.66. The molecule has 2 aromatic rings. The van der Waals surface area contributed by atoms with E-state index >= 15 is 0 Å². The van der Waals surface area contributed by atoms with Crippen LogP contribution < -0.4 is 4.90 Å². The van der Waals surface area contributed by atoms with Crippen LogP contribution in [0.4, 0.5) is 5.13 Å². The van der Waals surface area contributed by atoms with Gasteiger partial charge in [0.1, 0.15) is 0 Å². The molecule has 1 N–H and O–H groups in total. The predicted molar refractivity (Wildman–Crippen MR) is 85.7 cm³/mol. The number of rotatable bonds is 5. The molecule has 0 atom stereocenters. The average Bonchev–Trinajstić information content (AvgIpc) is 2.86. The van der Waals surface area contributed by atoms with Gasteiger partial charge in [-0.15, -0.1) is 0 Å². The van der Waals surface area contributed by atoms with Crippen LogP contribution in [0, 0.1) is 0 Å².